The molecule has 37 heavy (non-hydrogen) atoms. The van der Waals surface area contributed by atoms with Crippen LogP contribution in [-0.4, -0.2) is 60.6 Å². The Morgan fingerprint density at radius 2 is 1.22 bits per heavy atom. The maximum absolute atomic E-state index is 13.0. The summed E-state index contributed by atoms with van der Waals surface area (Å²) in [5, 5.41) is 3.51. The highest BCUT2D eigenvalue weighted by Gasteiger charge is 2.64. The molecule has 0 aromatic heterocycles. The fourth-order valence-electron chi connectivity index (χ4n) is 7.54. The summed E-state index contributed by atoms with van der Waals surface area (Å²) in [7, 11) is 0. The first-order valence-electron chi connectivity index (χ1n) is 14.5. The van der Waals surface area contributed by atoms with Crippen molar-refractivity contribution in [3.05, 3.63) is 23.3 Å². The Morgan fingerprint density at radius 1 is 0.784 bits per heavy atom. The molecule has 0 unspecified atom stereocenters. The monoisotopic (exact) mass is 513 g/mol. The smallest absolute Gasteiger partial charge is 0.311 e. The van der Waals surface area contributed by atoms with Crippen molar-refractivity contribution in [3.8, 4) is 0 Å². The molecule has 0 bridgehead atoms. The Balaban J connectivity index is 1.12. The van der Waals surface area contributed by atoms with E-state index in [-0.39, 0.29) is 71.2 Å². The van der Waals surface area contributed by atoms with Gasteiger partial charge in [-0.2, -0.15) is 0 Å². The molecule has 0 radical (unpaired) electrons. The van der Waals surface area contributed by atoms with Crippen LogP contribution in [0.5, 0.6) is 0 Å². The Bertz CT molecular complexity index is 928. The summed E-state index contributed by atoms with van der Waals surface area (Å²) in [4.78, 5) is 26.1. The van der Waals surface area contributed by atoms with Crippen molar-refractivity contribution in [2.24, 2.45) is 23.7 Å². The lowest BCUT2D eigenvalue weighted by Gasteiger charge is -2.24. The van der Waals surface area contributed by atoms with Crippen LogP contribution in [0.25, 0.3) is 0 Å². The lowest BCUT2D eigenvalue weighted by molar-refractivity contribution is -0.145. The number of esters is 2. The van der Waals surface area contributed by atoms with Gasteiger partial charge in [0, 0.05) is 24.9 Å². The van der Waals surface area contributed by atoms with Crippen molar-refractivity contribution >= 4 is 11.9 Å². The fraction of sp³-hybridized carbons (Fsp3) is 0.800. The van der Waals surface area contributed by atoms with Crippen molar-refractivity contribution < 1.29 is 28.5 Å². The quantitative estimate of drug-likeness (QED) is 0.342. The summed E-state index contributed by atoms with van der Waals surface area (Å²) in [5.41, 5.74) is 2.37. The molecule has 0 aromatic rings. The third kappa shape index (κ3) is 4.80. The van der Waals surface area contributed by atoms with E-state index in [2.05, 4.69) is 45.2 Å². The van der Waals surface area contributed by atoms with Crippen molar-refractivity contribution in [3.63, 3.8) is 0 Å². The number of rotatable bonds is 4. The van der Waals surface area contributed by atoms with Crippen molar-refractivity contribution in [2.75, 3.05) is 13.1 Å². The lowest BCUT2D eigenvalue weighted by Crippen LogP contribution is -2.38. The largest absolute Gasteiger partial charge is 0.459 e. The van der Waals surface area contributed by atoms with Crippen molar-refractivity contribution in [2.45, 2.75) is 115 Å². The Labute approximate surface area is 220 Å². The number of allylic oxidation sites excluding steroid dienone is 4. The Hall–Kier alpha value is -1.70. The van der Waals surface area contributed by atoms with Crippen LogP contribution in [0.2, 0.25) is 0 Å². The fourth-order valence-corrected chi connectivity index (χ4v) is 7.54. The average molecular weight is 514 g/mol. The van der Waals surface area contributed by atoms with Gasteiger partial charge in [-0.15, -0.1) is 0 Å². The van der Waals surface area contributed by atoms with Crippen LogP contribution >= 0.6 is 0 Å². The maximum Gasteiger partial charge on any atom is 0.311 e. The standard InChI is InChI=1S/C30H43NO6/c1-17-7-5-13-29(3)25(36-29)23-19(11-9-17)21(27(32)34-23)15-31-16-22-20-12-10-18(2)8-6-14-30(4)26(37-30)24(20)35-28(22)33/h7-8,19-26,31H,5-6,9-16H2,1-4H3/b17-7+,18-8+/t19-,20-,21-,22-,23-,24-,25-,26-,29+,30+/m0/s1. The first-order chi connectivity index (χ1) is 17.7. The molecule has 204 valence electrons. The van der Waals surface area contributed by atoms with Gasteiger partial charge in [-0.1, -0.05) is 23.3 Å². The minimum atomic E-state index is -0.219. The van der Waals surface area contributed by atoms with E-state index < -0.39 is 0 Å². The minimum Gasteiger partial charge on any atom is -0.459 e. The van der Waals surface area contributed by atoms with Crippen LogP contribution in [0.4, 0.5) is 0 Å². The van der Waals surface area contributed by atoms with Gasteiger partial charge in [-0.05, 0) is 79.1 Å². The Morgan fingerprint density at radius 3 is 1.65 bits per heavy atom. The third-order valence-electron chi connectivity index (χ3n) is 10.2. The zero-order valence-electron chi connectivity index (χ0n) is 22.8. The van der Waals surface area contributed by atoms with Gasteiger partial charge in [0.25, 0.3) is 0 Å². The van der Waals surface area contributed by atoms with E-state index in [1.165, 1.54) is 11.1 Å². The molecule has 0 saturated carbocycles. The van der Waals surface area contributed by atoms with Gasteiger partial charge in [0.05, 0.1) is 23.0 Å². The lowest BCUT2D eigenvalue weighted by atomic mass is 9.80. The zero-order chi connectivity index (χ0) is 25.9. The van der Waals surface area contributed by atoms with Gasteiger partial charge in [-0.3, -0.25) is 9.59 Å². The molecule has 10 atom stereocenters. The molecule has 2 aliphatic carbocycles. The van der Waals surface area contributed by atoms with E-state index in [0.717, 1.165) is 51.4 Å². The normalized spacial score (nSPS) is 50.1. The number of nitrogens with one attached hydrogen (secondary N) is 1. The van der Waals surface area contributed by atoms with E-state index in [0.29, 0.717) is 13.1 Å². The first kappa shape index (κ1) is 25.6. The molecule has 7 nitrogen and oxygen atoms in total. The second kappa shape index (κ2) is 9.49. The summed E-state index contributed by atoms with van der Waals surface area (Å²) >= 11 is 0. The second-order valence-corrected chi connectivity index (χ2v) is 13.0. The highest BCUT2D eigenvalue weighted by atomic mass is 16.7. The average Bonchev–Trinajstić information content (AvgIpc) is 3.63. The van der Waals surface area contributed by atoms with Crippen LogP contribution in [0.1, 0.15) is 79.1 Å². The van der Waals surface area contributed by atoms with E-state index in [9.17, 15) is 9.59 Å². The number of hydrogen-bond acceptors (Lipinski definition) is 7. The number of carbonyl (C=O) groups excluding carboxylic acids is 2. The second-order valence-electron chi connectivity index (χ2n) is 13.0. The third-order valence-corrected chi connectivity index (χ3v) is 10.2. The van der Waals surface area contributed by atoms with Gasteiger partial charge >= 0.3 is 11.9 Å². The predicted octanol–water partition coefficient (Wildman–Crippen LogP) is 4.25. The van der Waals surface area contributed by atoms with Crippen LogP contribution in [-0.2, 0) is 28.5 Å². The number of carbonyl (C=O) groups is 2. The summed E-state index contributed by atoms with van der Waals surface area (Å²) in [6.07, 6.45) is 12.0. The van der Waals surface area contributed by atoms with Crippen LogP contribution in [0.15, 0.2) is 23.3 Å². The van der Waals surface area contributed by atoms with Crippen LogP contribution < -0.4 is 5.32 Å². The number of ether oxygens (including phenoxy) is 4. The number of fused-ring (bicyclic) bond motifs is 6. The van der Waals surface area contributed by atoms with Gasteiger partial charge in [0.2, 0.25) is 0 Å². The molecular formula is C30H43NO6. The van der Waals surface area contributed by atoms with E-state index >= 15 is 0 Å². The molecule has 7 heteroatoms. The molecular weight excluding hydrogens is 470 g/mol. The molecule has 0 amide bonds. The summed E-state index contributed by atoms with van der Waals surface area (Å²) in [6.45, 7) is 9.69. The number of epoxide rings is 2. The minimum absolute atomic E-state index is 0.00379. The molecule has 1 N–H and O–H groups in total. The highest BCUT2D eigenvalue weighted by molar-refractivity contribution is 5.76. The van der Waals surface area contributed by atoms with Gasteiger partial charge in [0.15, 0.2) is 0 Å². The molecule has 0 spiro atoms. The molecule has 4 aliphatic heterocycles. The molecule has 0 aromatic carbocycles. The van der Waals surface area contributed by atoms with Crippen LogP contribution in [0.3, 0.4) is 0 Å². The first-order valence-corrected chi connectivity index (χ1v) is 14.5. The van der Waals surface area contributed by atoms with Crippen molar-refractivity contribution in [1.29, 1.82) is 0 Å². The van der Waals surface area contributed by atoms with Gasteiger partial charge in [0.1, 0.15) is 24.4 Å². The molecule has 4 fully saturated rings. The number of hydrogen-bond donors (Lipinski definition) is 1. The summed E-state index contributed by atoms with van der Waals surface area (Å²) in [6, 6.07) is 0. The predicted molar refractivity (Wildman–Crippen MR) is 138 cm³/mol. The molecule has 4 heterocycles. The van der Waals surface area contributed by atoms with Gasteiger partial charge in [-0.25, -0.2) is 0 Å². The topological polar surface area (TPSA) is 89.7 Å². The Kier molecular flexibility index (Phi) is 6.56. The van der Waals surface area contributed by atoms with E-state index in [1.54, 1.807) is 0 Å². The van der Waals surface area contributed by atoms with Gasteiger partial charge < -0.3 is 24.3 Å². The van der Waals surface area contributed by atoms with Crippen LogP contribution in [0, 0.1) is 23.7 Å². The summed E-state index contributed by atoms with van der Waals surface area (Å²) in [5.74, 6) is -0.451. The molecule has 6 aliphatic rings. The molecule has 6 rings (SSSR count). The summed E-state index contributed by atoms with van der Waals surface area (Å²) < 4.78 is 24.1. The molecule has 4 saturated heterocycles. The zero-order valence-corrected chi connectivity index (χ0v) is 22.8. The maximum atomic E-state index is 13.0. The van der Waals surface area contributed by atoms with E-state index in [4.69, 9.17) is 18.9 Å². The highest BCUT2D eigenvalue weighted by Crippen LogP contribution is 2.51. The SMILES string of the molecule is C/C1=C\CC[C@@]2(C)O[C@H]2[C@H]2OC(=O)[C@@H](CNC[C@@H]3C(=O)O[C@H]4[C@H]3CC/C(C)=C/CC[C@@]3(C)O[C@@H]43)[C@@H]2CC1. The van der Waals surface area contributed by atoms with E-state index in [1.807, 2.05) is 0 Å². The van der Waals surface area contributed by atoms with Crippen molar-refractivity contribution in [1.82, 2.24) is 5.32 Å².